The molecule has 0 bridgehead atoms. The van der Waals surface area contributed by atoms with E-state index in [0.29, 0.717) is 18.8 Å². The fourth-order valence-corrected chi connectivity index (χ4v) is 4.50. The molecule has 0 atom stereocenters. The van der Waals surface area contributed by atoms with Crippen LogP contribution in [-0.4, -0.2) is 39.0 Å². The molecule has 0 saturated heterocycles. The zero-order chi connectivity index (χ0) is 10.7. The molecule has 0 aliphatic heterocycles. The summed E-state index contributed by atoms with van der Waals surface area (Å²) in [5, 5.41) is 0.809. The molecule has 0 N–H and O–H groups in total. The van der Waals surface area contributed by atoms with E-state index >= 15 is 0 Å². The summed E-state index contributed by atoms with van der Waals surface area (Å²) in [4.78, 5) is 0. The van der Waals surface area contributed by atoms with Crippen LogP contribution in [-0.2, 0) is 14.6 Å². The van der Waals surface area contributed by atoms with E-state index in [4.69, 9.17) is 4.74 Å². The lowest BCUT2D eigenvalue weighted by atomic mass is 10.2. The second-order valence-electron chi connectivity index (χ2n) is 4.07. The van der Waals surface area contributed by atoms with Crippen molar-refractivity contribution < 1.29 is 13.2 Å². The predicted molar refractivity (Wildman–Crippen MR) is 60.6 cm³/mol. The molecule has 0 unspecified atom stereocenters. The summed E-state index contributed by atoms with van der Waals surface area (Å²) in [6.45, 7) is 0.528. The Hall–Kier alpha value is 0.390. The highest BCUT2D eigenvalue weighted by Gasteiger charge is 2.44. The molecule has 5 heteroatoms. The Morgan fingerprint density at radius 2 is 2.07 bits per heavy atom. The van der Waals surface area contributed by atoms with Crippen LogP contribution in [0.15, 0.2) is 0 Å². The number of methoxy groups -OCH3 is 1. The third-order valence-corrected chi connectivity index (χ3v) is 5.72. The number of ether oxygens (including phenoxy) is 1. The van der Waals surface area contributed by atoms with Gasteiger partial charge in [0.25, 0.3) is 0 Å². The average molecular weight is 285 g/mol. The standard InChI is InChI=1S/C9H17BrO3S/c1-13-5-2-6-14(11,12)8-9(7-10)3-4-9/h2-8H2,1H3. The van der Waals surface area contributed by atoms with Gasteiger partial charge in [0.15, 0.2) is 9.84 Å². The molecule has 0 spiro atoms. The van der Waals surface area contributed by atoms with Gasteiger partial charge in [-0.15, -0.1) is 0 Å². The maximum absolute atomic E-state index is 11.6. The molecule has 3 nitrogen and oxygen atoms in total. The molecule has 1 aliphatic rings. The van der Waals surface area contributed by atoms with Crippen LogP contribution in [0, 0.1) is 5.41 Å². The lowest BCUT2D eigenvalue weighted by Crippen LogP contribution is -2.21. The maximum Gasteiger partial charge on any atom is 0.150 e. The van der Waals surface area contributed by atoms with E-state index < -0.39 is 9.84 Å². The van der Waals surface area contributed by atoms with Crippen molar-refractivity contribution >= 4 is 25.8 Å². The molecule has 0 radical (unpaired) electrons. The van der Waals surface area contributed by atoms with Crippen molar-refractivity contribution in [3.05, 3.63) is 0 Å². The van der Waals surface area contributed by atoms with E-state index in [0.717, 1.165) is 18.2 Å². The first-order chi connectivity index (χ1) is 6.54. The quantitative estimate of drug-likeness (QED) is 0.527. The van der Waals surface area contributed by atoms with Gasteiger partial charge in [-0.2, -0.15) is 0 Å². The molecule has 0 heterocycles. The van der Waals surface area contributed by atoms with Crippen LogP contribution in [0.25, 0.3) is 0 Å². The fraction of sp³-hybridized carbons (Fsp3) is 1.00. The molecule has 0 aromatic rings. The van der Waals surface area contributed by atoms with Crippen molar-refractivity contribution in [2.24, 2.45) is 5.41 Å². The zero-order valence-corrected chi connectivity index (χ0v) is 10.9. The molecule has 0 aromatic heterocycles. The number of alkyl halides is 1. The summed E-state index contributed by atoms with van der Waals surface area (Å²) in [6, 6.07) is 0. The SMILES string of the molecule is COCCCS(=O)(=O)CC1(CBr)CC1. The van der Waals surface area contributed by atoms with Crippen LogP contribution in [0.5, 0.6) is 0 Å². The monoisotopic (exact) mass is 284 g/mol. The van der Waals surface area contributed by atoms with Gasteiger partial charge in [0.2, 0.25) is 0 Å². The molecule has 1 rings (SSSR count). The molecule has 14 heavy (non-hydrogen) atoms. The Kier molecular flexibility index (Phi) is 4.40. The molecule has 0 aromatic carbocycles. The highest BCUT2D eigenvalue weighted by molar-refractivity contribution is 9.09. The van der Waals surface area contributed by atoms with Crippen molar-refractivity contribution in [1.29, 1.82) is 0 Å². The van der Waals surface area contributed by atoms with E-state index in [1.807, 2.05) is 0 Å². The Balaban J connectivity index is 2.34. The molecular formula is C9H17BrO3S. The molecular weight excluding hydrogens is 268 g/mol. The third kappa shape index (κ3) is 3.87. The fourth-order valence-electron chi connectivity index (χ4n) is 1.46. The summed E-state index contributed by atoms with van der Waals surface area (Å²) < 4.78 is 28.1. The third-order valence-electron chi connectivity index (χ3n) is 2.57. The summed E-state index contributed by atoms with van der Waals surface area (Å²) in [7, 11) is -1.28. The van der Waals surface area contributed by atoms with Gasteiger partial charge >= 0.3 is 0 Å². The summed E-state index contributed by atoms with van der Waals surface area (Å²) in [6.07, 6.45) is 2.70. The molecule has 1 aliphatic carbocycles. The Morgan fingerprint density at radius 1 is 1.43 bits per heavy atom. The Bertz CT molecular complexity index is 270. The Labute approximate surface area is 94.3 Å². The number of hydrogen-bond donors (Lipinski definition) is 0. The number of hydrogen-bond acceptors (Lipinski definition) is 3. The zero-order valence-electron chi connectivity index (χ0n) is 8.46. The molecule has 1 fully saturated rings. The lowest BCUT2D eigenvalue weighted by Gasteiger charge is -2.11. The van der Waals surface area contributed by atoms with E-state index in [1.54, 1.807) is 7.11 Å². The Morgan fingerprint density at radius 3 is 2.50 bits per heavy atom. The van der Waals surface area contributed by atoms with Gasteiger partial charge in [-0.3, -0.25) is 0 Å². The average Bonchev–Trinajstić information content (AvgIpc) is 2.85. The van der Waals surface area contributed by atoms with Crippen molar-refractivity contribution in [2.75, 3.05) is 30.6 Å². The normalized spacial score (nSPS) is 19.6. The highest BCUT2D eigenvalue weighted by Crippen LogP contribution is 2.48. The van der Waals surface area contributed by atoms with Gasteiger partial charge in [0.1, 0.15) is 0 Å². The summed E-state index contributed by atoms with van der Waals surface area (Å²) in [5.41, 5.74) is 0.0614. The van der Waals surface area contributed by atoms with Gasteiger partial charge in [-0.1, -0.05) is 15.9 Å². The van der Waals surface area contributed by atoms with E-state index in [9.17, 15) is 8.42 Å². The molecule has 84 valence electrons. The van der Waals surface area contributed by atoms with Crippen molar-refractivity contribution in [3.63, 3.8) is 0 Å². The van der Waals surface area contributed by atoms with Gasteiger partial charge in [-0.05, 0) is 24.7 Å². The van der Waals surface area contributed by atoms with E-state index in [2.05, 4.69) is 15.9 Å². The van der Waals surface area contributed by atoms with Gasteiger partial charge in [0.05, 0.1) is 11.5 Å². The van der Waals surface area contributed by atoms with Crippen LogP contribution >= 0.6 is 15.9 Å². The van der Waals surface area contributed by atoms with Crippen molar-refractivity contribution in [2.45, 2.75) is 19.3 Å². The van der Waals surface area contributed by atoms with Crippen LogP contribution in [0.4, 0.5) is 0 Å². The second-order valence-corrected chi connectivity index (χ2v) is 6.82. The topological polar surface area (TPSA) is 43.4 Å². The smallest absolute Gasteiger partial charge is 0.150 e. The van der Waals surface area contributed by atoms with E-state index in [1.165, 1.54) is 0 Å². The first-order valence-corrected chi connectivity index (χ1v) is 7.73. The molecule has 1 saturated carbocycles. The minimum atomic E-state index is -2.87. The lowest BCUT2D eigenvalue weighted by molar-refractivity contribution is 0.199. The van der Waals surface area contributed by atoms with Crippen LogP contribution < -0.4 is 0 Å². The van der Waals surface area contributed by atoms with Gasteiger partial charge in [0, 0.05) is 19.0 Å². The number of rotatable bonds is 7. The first kappa shape index (κ1) is 12.5. The van der Waals surface area contributed by atoms with E-state index in [-0.39, 0.29) is 11.2 Å². The maximum atomic E-state index is 11.6. The molecule has 0 amide bonds. The van der Waals surface area contributed by atoms with Gasteiger partial charge in [-0.25, -0.2) is 8.42 Å². The second kappa shape index (κ2) is 4.94. The van der Waals surface area contributed by atoms with Crippen LogP contribution in [0.1, 0.15) is 19.3 Å². The number of halogens is 1. The minimum Gasteiger partial charge on any atom is -0.385 e. The number of sulfone groups is 1. The summed E-state index contributed by atoms with van der Waals surface area (Å²) in [5.74, 6) is 0.602. The van der Waals surface area contributed by atoms with Crippen LogP contribution in [0.2, 0.25) is 0 Å². The first-order valence-electron chi connectivity index (χ1n) is 4.79. The largest absolute Gasteiger partial charge is 0.385 e. The summed E-state index contributed by atoms with van der Waals surface area (Å²) >= 11 is 3.38. The highest BCUT2D eigenvalue weighted by atomic mass is 79.9. The predicted octanol–water partition coefficient (Wildman–Crippen LogP) is 1.61. The minimum absolute atomic E-state index is 0.0614. The van der Waals surface area contributed by atoms with Crippen LogP contribution in [0.3, 0.4) is 0 Å². The van der Waals surface area contributed by atoms with Crippen molar-refractivity contribution in [1.82, 2.24) is 0 Å². The van der Waals surface area contributed by atoms with Gasteiger partial charge < -0.3 is 4.74 Å². The van der Waals surface area contributed by atoms with Crippen molar-refractivity contribution in [3.8, 4) is 0 Å².